The van der Waals surface area contributed by atoms with Gasteiger partial charge >= 0.3 is 6.09 Å². The van der Waals surface area contributed by atoms with Gasteiger partial charge in [-0.2, -0.15) is 0 Å². The fourth-order valence-electron chi connectivity index (χ4n) is 3.10. The predicted molar refractivity (Wildman–Crippen MR) is 94.5 cm³/mol. The highest BCUT2D eigenvalue weighted by Gasteiger charge is 2.32. The molecular weight excluding hydrogens is 320 g/mol. The number of hydrogen-bond acceptors (Lipinski definition) is 6. The predicted octanol–water partition coefficient (Wildman–Crippen LogP) is 2.49. The lowest BCUT2D eigenvalue weighted by molar-refractivity contribution is 0.147. The normalized spacial score (nSPS) is 20.3. The molecule has 1 aromatic heterocycles. The van der Waals surface area contributed by atoms with Crippen LogP contribution in [-0.4, -0.2) is 43.5 Å². The third-order valence-corrected chi connectivity index (χ3v) is 4.44. The second kappa shape index (κ2) is 6.98. The van der Waals surface area contributed by atoms with Gasteiger partial charge in [-0.1, -0.05) is 23.4 Å². The maximum absolute atomic E-state index is 12.2. The van der Waals surface area contributed by atoms with Crippen LogP contribution in [0.5, 0.6) is 0 Å². The van der Waals surface area contributed by atoms with Gasteiger partial charge in [0.1, 0.15) is 12.4 Å². The number of anilines is 2. The van der Waals surface area contributed by atoms with Crippen molar-refractivity contribution in [1.82, 2.24) is 10.5 Å². The molecule has 4 rings (SSSR count). The first-order valence-corrected chi connectivity index (χ1v) is 8.42. The molecule has 7 heteroatoms. The Hall–Kier alpha value is -2.80. The van der Waals surface area contributed by atoms with E-state index in [-0.39, 0.29) is 12.2 Å². The van der Waals surface area contributed by atoms with Gasteiger partial charge in [-0.15, -0.1) is 0 Å². The number of nitrogens with one attached hydrogen (secondary N) is 2. The Morgan fingerprint density at radius 2 is 2.16 bits per heavy atom. The summed E-state index contributed by atoms with van der Waals surface area (Å²) < 4.78 is 10.2. The van der Waals surface area contributed by atoms with Gasteiger partial charge in [0, 0.05) is 18.3 Å². The summed E-state index contributed by atoms with van der Waals surface area (Å²) in [6.45, 7) is 2.92. The average Bonchev–Trinajstić information content (AvgIpc) is 3.30. The van der Waals surface area contributed by atoms with Gasteiger partial charge in [0.15, 0.2) is 5.82 Å². The Kier molecular flexibility index (Phi) is 4.39. The van der Waals surface area contributed by atoms with Crippen molar-refractivity contribution < 1.29 is 14.1 Å². The molecule has 2 aromatic rings. The summed E-state index contributed by atoms with van der Waals surface area (Å²) in [4.78, 5) is 13.8. The molecule has 130 valence electrons. The third-order valence-electron chi connectivity index (χ3n) is 4.44. The highest BCUT2D eigenvalue weighted by Crippen LogP contribution is 2.26. The SMILES string of the molecule is O=C1OC(CNc2ccon2)CN1c1ccc(C2=CCNCC2)cc1. The summed E-state index contributed by atoms with van der Waals surface area (Å²) in [5.74, 6) is 0.633. The molecule has 0 aliphatic carbocycles. The number of cyclic esters (lactones) is 1. The van der Waals surface area contributed by atoms with E-state index in [1.165, 1.54) is 17.4 Å². The van der Waals surface area contributed by atoms with E-state index in [0.29, 0.717) is 18.9 Å². The first-order valence-electron chi connectivity index (χ1n) is 8.42. The fraction of sp³-hybridized carbons (Fsp3) is 0.333. The first kappa shape index (κ1) is 15.7. The molecular formula is C18H20N4O3. The summed E-state index contributed by atoms with van der Waals surface area (Å²) in [5, 5.41) is 10.2. The Balaban J connectivity index is 1.39. The van der Waals surface area contributed by atoms with Gasteiger partial charge in [0.05, 0.1) is 13.1 Å². The summed E-state index contributed by atoms with van der Waals surface area (Å²) in [6.07, 6.45) is 4.20. The van der Waals surface area contributed by atoms with Crippen LogP contribution in [0.15, 0.2) is 47.2 Å². The Morgan fingerprint density at radius 1 is 1.28 bits per heavy atom. The number of rotatable bonds is 5. The van der Waals surface area contributed by atoms with E-state index in [2.05, 4.69) is 34.0 Å². The van der Waals surface area contributed by atoms with E-state index < -0.39 is 0 Å². The molecule has 2 aliphatic heterocycles. The molecule has 0 spiro atoms. The lowest BCUT2D eigenvalue weighted by atomic mass is 10.00. The summed E-state index contributed by atoms with van der Waals surface area (Å²) in [5.41, 5.74) is 3.42. The molecule has 1 aromatic carbocycles. The van der Waals surface area contributed by atoms with Gasteiger partial charge in [0.2, 0.25) is 0 Å². The van der Waals surface area contributed by atoms with Crippen LogP contribution in [0, 0.1) is 0 Å². The molecule has 1 amide bonds. The monoisotopic (exact) mass is 340 g/mol. The van der Waals surface area contributed by atoms with Crippen LogP contribution in [0.2, 0.25) is 0 Å². The molecule has 1 saturated heterocycles. The molecule has 7 nitrogen and oxygen atoms in total. The first-order chi connectivity index (χ1) is 12.3. The van der Waals surface area contributed by atoms with Crippen molar-refractivity contribution >= 4 is 23.2 Å². The van der Waals surface area contributed by atoms with Crippen LogP contribution < -0.4 is 15.5 Å². The third kappa shape index (κ3) is 3.51. The van der Waals surface area contributed by atoms with Gasteiger partial charge in [-0.3, -0.25) is 4.90 Å². The van der Waals surface area contributed by atoms with Crippen molar-refractivity contribution in [3.8, 4) is 0 Å². The van der Waals surface area contributed by atoms with E-state index in [4.69, 9.17) is 9.26 Å². The Morgan fingerprint density at radius 3 is 2.88 bits per heavy atom. The van der Waals surface area contributed by atoms with E-state index in [9.17, 15) is 4.79 Å². The van der Waals surface area contributed by atoms with Crippen LogP contribution in [0.4, 0.5) is 16.3 Å². The molecule has 1 fully saturated rings. The zero-order valence-electron chi connectivity index (χ0n) is 13.8. The van der Waals surface area contributed by atoms with Crippen LogP contribution in [0.25, 0.3) is 5.57 Å². The molecule has 2 aliphatic rings. The highest BCUT2D eigenvalue weighted by molar-refractivity contribution is 5.90. The summed E-state index contributed by atoms with van der Waals surface area (Å²) >= 11 is 0. The molecule has 3 heterocycles. The smallest absolute Gasteiger partial charge is 0.414 e. The van der Waals surface area contributed by atoms with Crippen LogP contribution in [0.3, 0.4) is 0 Å². The summed E-state index contributed by atoms with van der Waals surface area (Å²) in [7, 11) is 0. The van der Waals surface area contributed by atoms with Crippen LogP contribution >= 0.6 is 0 Å². The summed E-state index contributed by atoms with van der Waals surface area (Å²) in [6, 6.07) is 9.82. The maximum Gasteiger partial charge on any atom is 0.414 e. The van der Waals surface area contributed by atoms with Crippen molar-refractivity contribution in [2.45, 2.75) is 12.5 Å². The minimum absolute atomic E-state index is 0.226. The van der Waals surface area contributed by atoms with Gasteiger partial charge < -0.3 is 19.9 Å². The molecule has 1 unspecified atom stereocenters. The zero-order chi connectivity index (χ0) is 17.1. The zero-order valence-corrected chi connectivity index (χ0v) is 13.8. The topological polar surface area (TPSA) is 79.6 Å². The Bertz CT molecular complexity index is 755. The quantitative estimate of drug-likeness (QED) is 0.870. The van der Waals surface area contributed by atoms with Gasteiger partial charge in [-0.05, 0) is 36.2 Å². The standard InChI is InChI=1S/C18H20N4O3/c23-18-22(12-16(25-18)11-20-17-7-10-24-21-17)15-3-1-13(2-4-15)14-5-8-19-9-6-14/h1-5,7,10,16,19H,6,8-9,11-12H2,(H,20,21). The molecule has 0 bridgehead atoms. The van der Waals surface area contributed by atoms with Crippen molar-refractivity contribution in [3.05, 3.63) is 48.2 Å². The second-order valence-corrected chi connectivity index (χ2v) is 6.11. The number of ether oxygens (including phenoxy) is 1. The van der Waals surface area contributed by atoms with Crippen molar-refractivity contribution in [2.24, 2.45) is 0 Å². The van der Waals surface area contributed by atoms with Crippen molar-refractivity contribution in [2.75, 3.05) is 36.4 Å². The van der Waals surface area contributed by atoms with E-state index in [1.54, 1.807) is 11.0 Å². The van der Waals surface area contributed by atoms with Gasteiger partial charge in [0.25, 0.3) is 0 Å². The number of benzene rings is 1. The van der Waals surface area contributed by atoms with Crippen molar-refractivity contribution in [1.29, 1.82) is 0 Å². The number of aromatic nitrogens is 1. The second-order valence-electron chi connectivity index (χ2n) is 6.11. The lowest BCUT2D eigenvalue weighted by Gasteiger charge is -2.16. The largest absolute Gasteiger partial charge is 0.442 e. The molecule has 0 saturated carbocycles. The lowest BCUT2D eigenvalue weighted by Crippen LogP contribution is -2.27. The van der Waals surface area contributed by atoms with Crippen LogP contribution in [-0.2, 0) is 4.74 Å². The van der Waals surface area contributed by atoms with E-state index >= 15 is 0 Å². The van der Waals surface area contributed by atoms with E-state index in [0.717, 1.165) is 25.2 Å². The molecule has 0 radical (unpaired) electrons. The minimum atomic E-state index is -0.319. The van der Waals surface area contributed by atoms with E-state index in [1.807, 2.05) is 12.1 Å². The molecule has 2 N–H and O–H groups in total. The Labute approximate surface area is 145 Å². The number of carbonyl (C=O) groups is 1. The van der Waals surface area contributed by atoms with Crippen LogP contribution in [0.1, 0.15) is 12.0 Å². The fourth-order valence-corrected chi connectivity index (χ4v) is 3.10. The number of amides is 1. The molecule has 1 atom stereocenters. The number of hydrogen-bond donors (Lipinski definition) is 2. The number of nitrogens with zero attached hydrogens (tertiary/aromatic N) is 2. The maximum atomic E-state index is 12.2. The average molecular weight is 340 g/mol. The molecule has 25 heavy (non-hydrogen) atoms. The highest BCUT2D eigenvalue weighted by atomic mass is 16.6. The minimum Gasteiger partial charge on any atom is -0.442 e. The van der Waals surface area contributed by atoms with Gasteiger partial charge in [-0.25, -0.2) is 4.79 Å². The number of carbonyl (C=O) groups excluding carboxylic acids is 1. The van der Waals surface area contributed by atoms with Crippen molar-refractivity contribution in [3.63, 3.8) is 0 Å².